The maximum atomic E-state index is 11.9. The van der Waals surface area contributed by atoms with E-state index in [4.69, 9.17) is 0 Å². The van der Waals surface area contributed by atoms with Gasteiger partial charge in [0.15, 0.2) is 0 Å². The molecule has 0 saturated heterocycles. The highest BCUT2D eigenvalue weighted by atomic mass is 16.6. The number of rotatable bonds is 3. The van der Waals surface area contributed by atoms with Crippen LogP contribution in [-0.2, 0) is 0 Å². The molecule has 0 aromatic heterocycles. The zero-order chi connectivity index (χ0) is 14.1. The number of nitro benzene ring substituents is 1. The summed E-state index contributed by atoms with van der Waals surface area (Å²) in [5.41, 5.74) is 3.61. The van der Waals surface area contributed by atoms with Gasteiger partial charge in [0.05, 0.1) is 4.92 Å². The number of nitrogens with one attached hydrogen (secondary N) is 1. The maximum absolute atomic E-state index is 11.9. The number of fused-ring (bicyclic) bond motifs is 1. The topological polar surface area (TPSA) is 84.6 Å². The van der Waals surface area contributed by atoms with Crippen molar-refractivity contribution >= 4 is 17.3 Å². The molecule has 2 aliphatic rings. The molecule has 1 fully saturated rings. The van der Waals surface area contributed by atoms with E-state index >= 15 is 0 Å². The van der Waals surface area contributed by atoms with Gasteiger partial charge in [-0.05, 0) is 24.8 Å². The van der Waals surface area contributed by atoms with Gasteiger partial charge < -0.3 is 0 Å². The van der Waals surface area contributed by atoms with E-state index in [1.54, 1.807) is 0 Å². The molecule has 0 radical (unpaired) electrons. The third-order valence-corrected chi connectivity index (χ3v) is 3.78. The molecule has 2 atom stereocenters. The third kappa shape index (κ3) is 2.20. The number of amides is 1. The molecule has 0 aliphatic heterocycles. The summed E-state index contributed by atoms with van der Waals surface area (Å²) >= 11 is 0. The number of carbonyl (C=O) groups excluding carboxylic acids is 1. The Morgan fingerprint density at radius 3 is 3.05 bits per heavy atom. The number of hydrazone groups is 1. The predicted octanol–water partition coefficient (Wildman–Crippen LogP) is 2.28. The Bertz CT molecular complexity index is 636. The van der Waals surface area contributed by atoms with E-state index in [2.05, 4.69) is 22.7 Å². The molecule has 3 rings (SSSR count). The molecule has 1 aromatic rings. The van der Waals surface area contributed by atoms with Crippen LogP contribution in [0, 0.1) is 22.0 Å². The highest BCUT2D eigenvalue weighted by Crippen LogP contribution is 2.40. The molecule has 1 aromatic carbocycles. The smallest absolute Gasteiger partial charge is 0.267 e. The second kappa shape index (κ2) is 4.88. The summed E-state index contributed by atoms with van der Waals surface area (Å²) in [6.07, 6.45) is 6.19. The highest BCUT2D eigenvalue weighted by molar-refractivity contribution is 5.98. The van der Waals surface area contributed by atoms with Crippen molar-refractivity contribution in [2.24, 2.45) is 16.9 Å². The maximum Gasteiger partial charge on any atom is 0.271 e. The quantitative estimate of drug-likeness (QED) is 0.520. The lowest BCUT2D eigenvalue weighted by molar-refractivity contribution is -0.384. The second-order valence-electron chi connectivity index (χ2n) is 4.99. The first-order valence-corrected chi connectivity index (χ1v) is 6.43. The molecular weight excluding hydrogens is 258 g/mol. The number of allylic oxidation sites excluding steroid dienone is 2. The largest absolute Gasteiger partial charge is 0.271 e. The van der Waals surface area contributed by atoms with Crippen LogP contribution in [0.2, 0.25) is 0 Å². The zero-order valence-electron chi connectivity index (χ0n) is 10.7. The Morgan fingerprint density at radius 1 is 1.45 bits per heavy atom. The summed E-state index contributed by atoms with van der Waals surface area (Å²) in [7, 11) is 0. The van der Waals surface area contributed by atoms with Crippen molar-refractivity contribution in [2.45, 2.75) is 12.8 Å². The number of hydrogen-bond donors (Lipinski definition) is 1. The minimum atomic E-state index is -0.524. The van der Waals surface area contributed by atoms with E-state index in [1.807, 2.05) is 0 Å². The predicted molar refractivity (Wildman–Crippen MR) is 73.4 cm³/mol. The summed E-state index contributed by atoms with van der Waals surface area (Å²) in [6, 6.07) is 5.61. The fourth-order valence-electron chi connectivity index (χ4n) is 2.61. The van der Waals surface area contributed by atoms with Crippen molar-refractivity contribution in [1.29, 1.82) is 0 Å². The van der Waals surface area contributed by atoms with Crippen LogP contribution in [0.15, 0.2) is 41.5 Å². The first-order valence-electron chi connectivity index (χ1n) is 6.43. The number of non-ortho nitro benzene ring substituents is 1. The molecule has 2 unspecified atom stereocenters. The number of hydrogen-bond acceptors (Lipinski definition) is 4. The van der Waals surface area contributed by atoms with Crippen LogP contribution >= 0.6 is 0 Å². The van der Waals surface area contributed by atoms with Gasteiger partial charge in [-0.15, -0.1) is 0 Å². The van der Waals surface area contributed by atoms with Crippen LogP contribution in [0.25, 0.3) is 0 Å². The van der Waals surface area contributed by atoms with E-state index in [1.165, 1.54) is 24.3 Å². The molecule has 1 amide bonds. The highest BCUT2D eigenvalue weighted by Gasteiger charge is 2.38. The van der Waals surface area contributed by atoms with E-state index in [0.29, 0.717) is 11.8 Å². The van der Waals surface area contributed by atoms with Crippen molar-refractivity contribution in [3.8, 4) is 0 Å². The molecule has 0 bridgehead atoms. The SMILES string of the molecule is O=C(NN=C1CC2C=CCC12)c1cccc([N+](=O)[O-])c1. The van der Waals surface area contributed by atoms with Crippen molar-refractivity contribution in [3.05, 3.63) is 52.1 Å². The van der Waals surface area contributed by atoms with Gasteiger partial charge in [0.2, 0.25) is 0 Å². The van der Waals surface area contributed by atoms with Crippen LogP contribution in [0.4, 0.5) is 5.69 Å². The number of benzene rings is 1. The first-order chi connectivity index (χ1) is 9.65. The Balaban J connectivity index is 1.66. The zero-order valence-corrected chi connectivity index (χ0v) is 10.7. The Hall–Kier alpha value is -2.50. The molecule has 6 heteroatoms. The second-order valence-corrected chi connectivity index (χ2v) is 4.99. The molecule has 2 aliphatic carbocycles. The van der Waals surface area contributed by atoms with Crippen molar-refractivity contribution in [3.63, 3.8) is 0 Å². The van der Waals surface area contributed by atoms with Crippen molar-refractivity contribution in [1.82, 2.24) is 5.43 Å². The summed E-state index contributed by atoms with van der Waals surface area (Å²) < 4.78 is 0. The molecule has 1 saturated carbocycles. The fraction of sp³-hybridized carbons (Fsp3) is 0.286. The summed E-state index contributed by atoms with van der Waals surface area (Å²) in [6.45, 7) is 0. The molecule has 0 spiro atoms. The Labute approximate surface area is 115 Å². The van der Waals surface area contributed by atoms with Crippen molar-refractivity contribution in [2.75, 3.05) is 0 Å². The van der Waals surface area contributed by atoms with E-state index in [9.17, 15) is 14.9 Å². The van der Waals surface area contributed by atoms with Crippen LogP contribution in [0.3, 0.4) is 0 Å². The van der Waals surface area contributed by atoms with Gasteiger partial charge in [-0.2, -0.15) is 5.10 Å². The number of carbonyl (C=O) groups is 1. The minimum Gasteiger partial charge on any atom is -0.267 e. The van der Waals surface area contributed by atoms with Gasteiger partial charge in [-0.1, -0.05) is 18.2 Å². The van der Waals surface area contributed by atoms with Gasteiger partial charge in [0, 0.05) is 29.3 Å². The normalized spacial score (nSPS) is 25.1. The van der Waals surface area contributed by atoms with Crippen LogP contribution in [0.1, 0.15) is 23.2 Å². The lowest BCUT2D eigenvalue weighted by Gasteiger charge is -2.31. The minimum absolute atomic E-state index is 0.103. The molecule has 6 nitrogen and oxygen atoms in total. The molecule has 20 heavy (non-hydrogen) atoms. The van der Waals surface area contributed by atoms with E-state index in [0.717, 1.165) is 18.6 Å². The van der Waals surface area contributed by atoms with E-state index in [-0.39, 0.29) is 11.3 Å². The van der Waals surface area contributed by atoms with Gasteiger partial charge in [0.1, 0.15) is 0 Å². The molecule has 102 valence electrons. The van der Waals surface area contributed by atoms with Gasteiger partial charge in [-0.25, -0.2) is 5.43 Å². The van der Waals surface area contributed by atoms with E-state index < -0.39 is 10.8 Å². The summed E-state index contributed by atoms with van der Waals surface area (Å²) in [4.78, 5) is 22.0. The molecule has 1 N–H and O–H groups in total. The van der Waals surface area contributed by atoms with Gasteiger partial charge in [-0.3, -0.25) is 14.9 Å². The number of nitro groups is 1. The Morgan fingerprint density at radius 2 is 2.30 bits per heavy atom. The number of nitrogens with zero attached hydrogens (tertiary/aromatic N) is 2. The average Bonchev–Trinajstić information content (AvgIpc) is 2.80. The first kappa shape index (κ1) is 12.5. The third-order valence-electron chi connectivity index (χ3n) is 3.78. The van der Waals surface area contributed by atoms with Crippen molar-refractivity contribution < 1.29 is 9.72 Å². The van der Waals surface area contributed by atoms with Gasteiger partial charge in [0.25, 0.3) is 11.6 Å². The monoisotopic (exact) mass is 271 g/mol. The van der Waals surface area contributed by atoms with Crippen LogP contribution < -0.4 is 5.43 Å². The lowest BCUT2D eigenvalue weighted by Crippen LogP contribution is -2.35. The summed E-state index contributed by atoms with van der Waals surface area (Å²) in [5, 5.41) is 14.8. The van der Waals surface area contributed by atoms with Crippen LogP contribution in [-0.4, -0.2) is 16.5 Å². The fourth-order valence-corrected chi connectivity index (χ4v) is 2.61. The standard InChI is InChI=1S/C14H13N3O3/c18-14(10-4-1-5-11(7-10)17(19)20)16-15-13-8-9-3-2-6-12(9)13/h1-5,7,9,12H,6,8H2,(H,16,18). The molecule has 0 heterocycles. The average molecular weight is 271 g/mol. The van der Waals surface area contributed by atoms with Crippen LogP contribution in [0.5, 0.6) is 0 Å². The molecular formula is C14H13N3O3. The lowest BCUT2D eigenvalue weighted by atomic mass is 9.74. The van der Waals surface area contributed by atoms with Gasteiger partial charge >= 0.3 is 0 Å². The summed E-state index contributed by atoms with van der Waals surface area (Å²) in [5.74, 6) is 0.583. The Kier molecular flexibility index (Phi) is 3.06.